The quantitative estimate of drug-likeness (QED) is 0.646. The lowest BCUT2D eigenvalue weighted by Gasteiger charge is -2.02. The van der Waals surface area contributed by atoms with Crippen LogP contribution in [0.1, 0.15) is 65.6 Å². The standard InChI is InChI=1S/C10H15N.17H2/c1-8-3-4-10(5-6-11)7-9(8)2;;;;;;;;;;;;;;;;;/h3-4,7H,5-6,11H2,1-2H3;17*1H/i;16*1+1D;1+1. The lowest BCUT2D eigenvalue weighted by atomic mass is 10.0. The van der Waals surface area contributed by atoms with Crippen molar-refractivity contribution in [2.75, 3.05) is 6.54 Å². The third-order valence-electron chi connectivity index (χ3n) is 2.00. The van der Waals surface area contributed by atoms with Crippen molar-refractivity contribution in [2.24, 2.45) is 5.73 Å². The SMILES string of the molecule is Cc1ccc(CCN)cc1C.[2HH].[2H][2H].[2H][2H].[2H][2H].[2H][2H].[2H][2H].[2H][2H].[2H][2H].[2H][2H].[2H][2H].[2H][2H].[2H][2H].[2H][2H].[2H][2H].[2H][2H].[2H][2H].[2H][2H]. The largest absolute Gasteiger partial charge is 0.330 e. The number of hydrogen-bond donors (Lipinski definition) is 1. The lowest BCUT2D eigenvalue weighted by molar-refractivity contribution is 0.965. The summed E-state index contributed by atoms with van der Waals surface area (Å²) in [5.74, 6) is 0. The normalized spacial score (nSPS) is 21.7. The monoisotopic (exact) mass is 217 g/mol. The minimum Gasteiger partial charge on any atom is -0.330 e. The molecule has 0 aromatic heterocycles. The number of aryl methyl sites for hydroxylation is 2. The molecule has 94 valence electrons. The van der Waals surface area contributed by atoms with Gasteiger partial charge in [-0.05, 0) is 43.5 Å². The van der Waals surface area contributed by atoms with Gasteiger partial charge in [-0.2, -0.15) is 0 Å². The Labute approximate surface area is 119 Å². The highest BCUT2D eigenvalue weighted by Crippen LogP contribution is 2.09. The van der Waals surface area contributed by atoms with E-state index in [4.69, 9.17) is 53.2 Å². The van der Waals surface area contributed by atoms with Gasteiger partial charge in [0, 0.05) is 48.9 Å². The van der Waals surface area contributed by atoms with Crippen LogP contribution in [0, 0.1) is 13.8 Å². The Balaban J connectivity index is -0.0000000129. The van der Waals surface area contributed by atoms with Crippen molar-refractivity contribution in [2.45, 2.75) is 20.3 Å². The Morgan fingerprint density at radius 2 is 2.09 bits per heavy atom. The molecule has 2 N–H and O–H groups in total. The Morgan fingerprint density at radius 1 is 1.36 bits per heavy atom. The first kappa shape index (κ1) is 1.25. The fourth-order valence-electron chi connectivity index (χ4n) is 1.13. The van der Waals surface area contributed by atoms with E-state index in [1.807, 2.05) is 0 Å². The van der Waals surface area contributed by atoms with E-state index in [9.17, 15) is 0 Å². The van der Waals surface area contributed by atoms with E-state index in [0.29, 0.717) is 0 Å². The summed E-state index contributed by atoms with van der Waals surface area (Å²) in [4.78, 5) is 0. The van der Waals surface area contributed by atoms with E-state index >= 15 is 0 Å². The zero-order chi connectivity index (χ0) is 40.3. The predicted octanol–water partition coefficient (Wildman–Crippen LogP) is 5.99. The maximum atomic E-state index is 5.45. The molecule has 0 atom stereocenters. The molecule has 0 spiro atoms. The van der Waals surface area contributed by atoms with Crippen LogP contribution in [-0.4, -0.2) is 6.54 Å². The number of hydrogen-bond acceptors (Lipinski definition) is 1. The molecule has 1 heteroatoms. The molecule has 1 rings (SSSR count). The Bertz CT molecular complexity index is 276. The van der Waals surface area contributed by atoms with Crippen LogP contribution in [0.2, 0.25) is 0 Å². The molecule has 0 aliphatic rings. The van der Waals surface area contributed by atoms with Crippen molar-refractivity contribution >= 4 is 0 Å². The van der Waals surface area contributed by atoms with E-state index in [1.165, 1.54) is 16.7 Å². The minimum absolute atomic E-state index is 0. The zero-order valence-electron chi connectivity index (χ0n) is 39.2. The van der Waals surface area contributed by atoms with Crippen molar-refractivity contribution < 1.29 is 48.9 Å². The van der Waals surface area contributed by atoms with Crippen molar-refractivity contribution in [3.8, 4) is 0 Å². The van der Waals surface area contributed by atoms with Crippen LogP contribution in [0.5, 0.6) is 0 Å². The van der Waals surface area contributed by atoms with Crippen molar-refractivity contribution in [3.05, 3.63) is 34.9 Å². The van der Waals surface area contributed by atoms with Crippen LogP contribution in [0.4, 0.5) is 0 Å². The average Bonchev–Trinajstić information content (AvgIpc) is 3.20. The molecular weight excluding hydrogens is 134 g/mol. The summed E-state index contributed by atoms with van der Waals surface area (Å²) in [7, 11) is 0. The Hall–Kier alpha value is -0.820. The van der Waals surface area contributed by atoms with Gasteiger partial charge in [0.2, 0.25) is 0 Å². The van der Waals surface area contributed by atoms with Crippen LogP contribution in [0.15, 0.2) is 18.2 Å². The highest BCUT2D eigenvalue weighted by Gasteiger charge is 1.94. The molecule has 0 heterocycles. The first-order valence-corrected chi connectivity index (χ1v) is 4.00. The second-order valence-electron chi connectivity index (χ2n) is 2.96. The summed E-state index contributed by atoms with van der Waals surface area (Å²) in [6, 6.07) is 6.51. The topological polar surface area (TPSA) is 26.0 Å². The van der Waals surface area contributed by atoms with Crippen LogP contribution in [0.25, 0.3) is 0 Å². The van der Waals surface area contributed by atoms with Gasteiger partial charge >= 0.3 is 0 Å². The van der Waals surface area contributed by atoms with Gasteiger partial charge in [-0.1, -0.05) is 18.2 Å². The minimum atomic E-state index is 0. The number of nitrogens with two attached hydrogens (primary N) is 1. The molecule has 0 radical (unpaired) electrons. The fourth-order valence-corrected chi connectivity index (χ4v) is 1.13. The number of rotatable bonds is 2. The van der Waals surface area contributed by atoms with Crippen LogP contribution in [-0.2, 0) is 6.42 Å². The highest BCUT2D eigenvalue weighted by atomic mass is 14.5. The third-order valence-corrected chi connectivity index (χ3v) is 2.00. The summed E-state index contributed by atoms with van der Waals surface area (Å²) >= 11 is 0. The van der Waals surface area contributed by atoms with Crippen LogP contribution < -0.4 is 5.73 Å². The Morgan fingerprint density at radius 3 is 2.64 bits per heavy atom. The maximum absolute atomic E-state index is 5.45. The molecule has 0 unspecified atom stereocenters. The highest BCUT2D eigenvalue weighted by molar-refractivity contribution is 5.29. The van der Waals surface area contributed by atoms with Crippen molar-refractivity contribution in [3.63, 3.8) is 0 Å². The molecule has 11 heavy (non-hydrogen) atoms. The van der Waals surface area contributed by atoms with Gasteiger partial charge in [0.15, 0.2) is 0 Å². The van der Waals surface area contributed by atoms with E-state index in [-0.39, 0.29) is 1.43 Å². The second kappa shape index (κ2) is 3.54. The van der Waals surface area contributed by atoms with Gasteiger partial charge in [-0.25, -0.2) is 0 Å². The molecular formula is C10H49N. The molecule has 1 aromatic carbocycles. The van der Waals surface area contributed by atoms with E-state index in [0.717, 1.165) is 13.0 Å². The molecule has 1 aromatic rings. The fraction of sp³-hybridized carbons (Fsp3) is 0.400. The summed E-state index contributed by atoms with van der Waals surface area (Å²) in [5, 5.41) is 0. The van der Waals surface area contributed by atoms with E-state index in [1.54, 1.807) is 0 Å². The molecule has 0 aliphatic heterocycles. The lowest BCUT2D eigenvalue weighted by Crippen LogP contribution is -2.02. The molecule has 0 bridgehead atoms. The molecule has 0 aliphatic carbocycles. The molecule has 0 saturated carbocycles. The third kappa shape index (κ3) is 2.05. The summed E-state index contributed by atoms with van der Waals surface area (Å²) < 4.78 is 160. The van der Waals surface area contributed by atoms with Gasteiger partial charge in [-0.3, -0.25) is 0 Å². The molecule has 0 fully saturated rings. The first-order chi connectivity index (χ1) is 21.2. The summed E-state index contributed by atoms with van der Waals surface area (Å²) in [5.41, 5.74) is 9.50. The first-order valence-electron chi connectivity index (χ1n) is 20.0. The molecule has 0 saturated heterocycles. The average molecular weight is 217 g/mol. The van der Waals surface area contributed by atoms with Crippen LogP contribution in [0.3, 0.4) is 0 Å². The summed E-state index contributed by atoms with van der Waals surface area (Å²) in [6.45, 7) is 5.00. The van der Waals surface area contributed by atoms with E-state index < -0.39 is 0 Å². The van der Waals surface area contributed by atoms with E-state index in [2.05, 4.69) is 32.0 Å². The second-order valence-corrected chi connectivity index (χ2v) is 2.96. The molecule has 0 amide bonds. The van der Waals surface area contributed by atoms with Crippen molar-refractivity contribution in [1.29, 1.82) is 0 Å². The maximum Gasteiger partial charge on any atom is 0 e. The van der Waals surface area contributed by atoms with Gasteiger partial charge in [-0.15, -0.1) is 0 Å². The van der Waals surface area contributed by atoms with Gasteiger partial charge in [0.25, 0.3) is 0 Å². The van der Waals surface area contributed by atoms with Crippen molar-refractivity contribution in [1.82, 2.24) is 0 Å². The zero-order valence-corrected chi connectivity index (χ0v) is 7.22. The molecule has 1 nitrogen and oxygen atoms in total. The van der Waals surface area contributed by atoms with Gasteiger partial charge in [0.05, 0.1) is 0 Å². The van der Waals surface area contributed by atoms with Crippen LogP contribution >= 0.6 is 0 Å². The smallest absolute Gasteiger partial charge is 0 e. The summed E-state index contributed by atoms with van der Waals surface area (Å²) in [6.07, 6.45) is 0.987. The Kier molecular flexibility index (Phi) is 0.402. The predicted molar refractivity (Wildman–Crippen MR) is 84.6 cm³/mol. The van der Waals surface area contributed by atoms with Gasteiger partial charge in [0.1, 0.15) is 0 Å². The number of benzene rings is 1. The van der Waals surface area contributed by atoms with Gasteiger partial charge < -0.3 is 5.73 Å².